The van der Waals surface area contributed by atoms with Gasteiger partial charge in [-0.25, -0.2) is 4.98 Å². The van der Waals surface area contributed by atoms with Crippen molar-refractivity contribution in [3.8, 4) is 17.4 Å². The van der Waals surface area contributed by atoms with E-state index in [1.165, 1.54) is 5.56 Å². The SMILES string of the molecule is CCOc1ncccc1C(=O)N1CCSC(c2ccc3c(c2)OCO3)CC1. The maximum absolute atomic E-state index is 13.0. The van der Waals surface area contributed by atoms with Crippen LogP contribution < -0.4 is 14.2 Å². The van der Waals surface area contributed by atoms with Crippen LogP contribution in [0.4, 0.5) is 0 Å². The molecule has 6 nitrogen and oxygen atoms in total. The summed E-state index contributed by atoms with van der Waals surface area (Å²) in [6.45, 7) is 4.07. The number of thioether (sulfide) groups is 1. The number of nitrogens with zero attached hydrogens (tertiary/aromatic N) is 2. The molecule has 2 aromatic rings. The molecule has 4 rings (SSSR count). The van der Waals surface area contributed by atoms with Gasteiger partial charge in [-0.1, -0.05) is 6.07 Å². The number of rotatable bonds is 4. The molecule has 1 aromatic heterocycles. The minimum absolute atomic E-state index is 0.0153. The highest BCUT2D eigenvalue weighted by atomic mass is 32.2. The van der Waals surface area contributed by atoms with E-state index in [0.29, 0.717) is 36.4 Å². The number of ether oxygens (including phenoxy) is 3. The van der Waals surface area contributed by atoms with Gasteiger partial charge in [-0.15, -0.1) is 0 Å². The van der Waals surface area contributed by atoms with Crippen molar-refractivity contribution in [3.05, 3.63) is 47.7 Å². The molecule has 1 aromatic carbocycles. The Kier molecular flexibility index (Phi) is 5.38. The second-order valence-corrected chi connectivity index (χ2v) is 7.65. The smallest absolute Gasteiger partial charge is 0.259 e. The monoisotopic (exact) mass is 386 g/mol. The second-order valence-electron chi connectivity index (χ2n) is 6.34. The van der Waals surface area contributed by atoms with Crippen LogP contribution in [0, 0.1) is 0 Å². The van der Waals surface area contributed by atoms with Crippen molar-refractivity contribution in [2.24, 2.45) is 0 Å². The molecule has 0 radical (unpaired) electrons. The Labute approximate surface area is 162 Å². The summed E-state index contributed by atoms with van der Waals surface area (Å²) in [4.78, 5) is 19.1. The summed E-state index contributed by atoms with van der Waals surface area (Å²) < 4.78 is 16.4. The summed E-state index contributed by atoms with van der Waals surface area (Å²) in [7, 11) is 0. The quantitative estimate of drug-likeness (QED) is 0.801. The topological polar surface area (TPSA) is 60.9 Å². The third-order valence-corrected chi connectivity index (χ3v) is 6.01. The largest absolute Gasteiger partial charge is 0.477 e. The standard InChI is InChI=1S/C20H22N2O4S/c1-2-24-19-15(4-3-8-21-19)20(23)22-9-7-18(27-11-10-22)14-5-6-16-17(12-14)26-13-25-16/h3-6,8,12,18H,2,7,9-11,13H2,1H3. The van der Waals surface area contributed by atoms with Crippen LogP contribution in [0.3, 0.4) is 0 Å². The van der Waals surface area contributed by atoms with E-state index >= 15 is 0 Å². The number of benzene rings is 1. The van der Waals surface area contributed by atoms with Crippen LogP contribution in [0.2, 0.25) is 0 Å². The third kappa shape index (κ3) is 3.83. The molecule has 1 saturated heterocycles. The molecule has 0 aliphatic carbocycles. The molecule has 0 saturated carbocycles. The molecule has 2 aliphatic rings. The number of hydrogen-bond donors (Lipinski definition) is 0. The van der Waals surface area contributed by atoms with Gasteiger partial charge in [0.1, 0.15) is 5.56 Å². The van der Waals surface area contributed by atoms with Gasteiger partial charge in [-0.2, -0.15) is 11.8 Å². The Balaban J connectivity index is 1.46. The Morgan fingerprint density at radius 1 is 1.30 bits per heavy atom. The lowest BCUT2D eigenvalue weighted by atomic mass is 10.1. The zero-order valence-electron chi connectivity index (χ0n) is 15.2. The first-order valence-electron chi connectivity index (χ1n) is 9.14. The van der Waals surface area contributed by atoms with Crippen LogP contribution >= 0.6 is 11.8 Å². The van der Waals surface area contributed by atoms with Crippen molar-refractivity contribution >= 4 is 17.7 Å². The number of hydrogen-bond acceptors (Lipinski definition) is 6. The fourth-order valence-corrected chi connectivity index (χ4v) is 4.55. The zero-order chi connectivity index (χ0) is 18.6. The zero-order valence-corrected chi connectivity index (χ0v) is 16.0. The van der Waals surface area contributed by atoms with E-state index in [1.54, 1.807) is 18.3 Å². The van der Waals surface area contributed by atoms with Gasteiger partial charge < -0.3 is 19.1 Å². The van der Waals surface area contributed by atoms with E-state index in [1.807, 2.05) is 29.7 Å². The molecule has 1 atom stereocenters. The molecular formula is C20H22N2O4S. The fourth-order valence-electron chi connectivity index (χ4n) is 3.33. The summed E-state index contributed by atoms with van der Waals surface area (Å²) in [6, 6.07) is 9.68. The van der Waals surface area contributed by atoms with Gasteiger partial charge in [0.05, 0.1) is 6.61 Å². The number of aromatic nitrogens is 1. The van der Waals surface area contributed by atoms with E-state index in [4.69, 9.17) is 14.2 Å². The van der Waals surface area contributed by atoms with Gasteiger partial charge in [-0.3, -0.25) is 4.79 Å². The minimum atomic E-state index is -0.0153. The number of pyridine rings is 1. The van der Waals surface area contributed by atoms with Crippen molar-refractivity contribution in [1.29, 1.82) is 0 Å². The molecule has 1 amide bonds. The highest BCUT2D eigenvalue weighted by Gasteiger charge is 2.26. The summed E-state index contributed by atoms with van der Waals surface area (Å²) in [5.74, 6) is 2.89. The van der Waals surface area contributed by atoms with Gasteiger partial charge in [0.25, 0.3) is 5.91 Å². The molecular weight excluding hydrogens is 364 g/mol. The number of amides is 1. The Hall–Kier alpha value is -2.41. The molecule has 27 heavy (non-hydrogen) atoms. The number of fused-ring (bicyclic) bond motifs is 1. The van der Waals surface area contributed by atoms with Gasteiger partial charge in [0, 0.05) is 30.3 Å². The van der Waals surface area contributed by atoms with E-state index in [2.05, 4.69) is 17.1 Å². The molecule has 1 unspecified atom stereocenters. The fraction of sp³-hybridized carbons (Fsp3) is 0.400. The Morgan fingerprint density at radius 2 is 2.19 bits per heavy atom. The highest BCUT2D eigenvalue weighted by molar-refractivity contribution is 7.99. The van der Waals surface area contributed by atoms with E-state index in [-0.39, 0.29) is 12.7 Å². The molecule has 0 bridgehead atoms. The molecule has 2 aliphatic heterocycles. The summed E-state index contributed by atoms with van der Waals surface area (Å²) in [6.07, 6.45) is 2.54. The third-order valence-electron chi connectivity index (χ3n) is 4.68. The van der Waals surface area contributed by atoms with E-state index in [0.717, 1.165) is 23.7 Å². The molecule has 0 spiro atoms. The lowest BCUT2D eigenvalue weighted by Gasteiger charge is -2.21. The first kappa shape index (κ1) is 18.0. The van der Waals surface area contributed by atoms with Crippen molar-refractivity contribution in [1.82, 2.24) is 9.88 Å². The predicted molar refractivity (Wildman–Crippen MR) is 104 cm³/mol. The molecule has 3 heterocycles. The van der Waals surface area contributed by atoms with Gasteiger partial charge in [0.2, 0.25) is 12.7 Å². The molecule has 7 heteroatoms. The van der Waals surface area contributed by atoms with Crippen LogP contribution in [0.15, 0.2) is 36.5 Å². The summed E-state index contributed by atoms with van der Waals surface area (Å²) in [5.41, 5.74) is 1.75. The average Bonchev–Trinajstić information content (AvgIpc) is 3.03. The van der Waals surface area contributed by atoms with Crippen molar-refractivity contribution < 1.29 is 19.0 Å². The summed E-state index contributed by atoms with van der Waals surface area (Å²) >= 11 is 1.88. The first-order valence-corrected chi connectivity index (χ1v) is 10.2. The van der Waals surface area contributed by atoms with Crippen LogP contribution in [0.1, 0.15) is 34.5 Å². The lowest BCUT2D eigenvalue weighted by molar-refractivity contribution is 0.0761. The van der Waals surface area contributed by atoms with Gasteiger partial charge in [-0.05, 0) is 43.2 Å². The second kappa shape index (κ2) is 8.08. The van der Waals surface area contributed by atoms with Crippen LogP contribution in [-0.2, 0) is 0 Å². The van der Waals surface area contributed by atoms with E-state index in [9.17, 15) is 4.79 Å². The number of carbonyl (C=O) groups is 1. The van der Waals surface area contributed by atoms with Gasteiger partial charge in [0.15, 0.2) is 11.5 Å². The lowest BCUT2D eigenvalue weighted by Crippen LogP contribution is -2.33. The normalized spacial score (nSPS) is 18.9. The molecule has 1 fully saturated rings. The molecule has 0 N–H and O–H groups in total. The minimum Gasteiger partial charge on any atom is -0.477 e. The highest BCUT2D eigenvalue weighted by Crippen LogP contribution is 2.40. The Bertz CT molecular complexity index is 829. The average molecular weight is 386 g/mol. The van der Waals surface area contributed by atoms with Crippen molar-refractivity contribution in [2.45, 2.75) is 18.6 Å². The van der Waals surface area contributed by atoms with E-state index < -0.39 is 0 Å². The van der Waals surface area contributed by atoms with Crippen LogP contribution in [0.5, 0.6) is 17.4 Å². The Morgan fingerprint density at radius 3 is 3.07 bits per heavy atom. The van der Waals surface area contributed by atoms with Crippen LogP contribution in [-0.4, -0.2) is 48.0 Å². The van der Waals surface area contributed by atoms with Crippen LogP contribution in [0.25, 0.3) is 0 Å². The molecule has 142 valence electrons. The van der Waals surface area contributed by atoms with Crippen molar-refractivity contribution in [2.75, 3.05) is 32.2 Å². The summed E-state index contributed by atoms with van der Waals surface area (Å²) in [5, 5.41) is 0.331. The van der Waals surface area contributed by atoms with Crippen molar-refractivity contribution in [3.63, 3.8) is 0 Å². The predicted octanol–water partition coefficient (Wildman–Crippen LogP) is 3.53. The van der Waals surface area contributed by atoms with Gasteiger partial charge >= 0.3 is 0 Å². The maximum Gasteiger partial charge on any atom is 0.259 e. The first-order chi connectivity index (χ1) is 13.3. The maximum atomic E-state index is 13.0. The number of carbonyl (C=O) groups excluding carboxylic acids is 1.